The minimum atomic E-state index is -0.115. The van der Waals surface area contributed by atoms with Crippen molar-refractivity contribution in [3.63, 3.8) is 0 Å². The second-order valence-corrected chi connectivity index (χ2v) is 6.15. The third kappa shape index (κ3) is 3.85. The van der Waals surface area contributed by atoms with E-state index in [1.165, 1.54) is 7.11 Å². The lowest BCUT2D eigenvalue weighted by Gasteiger charge is -2.13. The maximum Gasteiger partial charge on any atom is 0.306 e. The fraction of sp³-hybridized carbons (Fsp3) is 0.643. The Kier molecular flexibility index (Phi) is 4.86. The van der Waals surface area contributed by atoms with Gasteiger partial charge in [0.15, 0.2) is 0 Å². The van der Waals surface area contributed by atoms with Gasteiger partial charge >= 0.3 is 5.97 Å². The van der Waals surface area contributed by atoms with Crippen LogP contribution in [0.4, 0.5) is 5.82 Å². The Morgan fingerprint density at radius 1 is 1.50 bits per heavy atom. The van der Waals surface area contributed by atoms with Crippen LogP contribution in [0, 0.1) is 5.41 Å². The number of carbonyl (C=O) groups excluding carboxylic acids is 1. The lowest BCUT2D eigenvalue weighted by atomic mass is 10.1. The van der Waals surface area contributed by atoms with E-state index >= 15 is 0 Å². The third-order valence-corrected chi connectivity index (χ3v) is 4.81. The van der Waals surface area contributed by atoms with Crippen molar-refractivity contribution in [1.29, 1.82) is 0 Å². The fourth-order valence-electron chi connectivity index (χ4n) is 1.99. The van der Waals surface area contributed by atoms with Crippen LogP contribution in [0.5, 0.6) is 0 Å². The summed E-state index contributed by atoms with van der Waals surface area (Å²) in [4.78, 5) is 20.3. The zero-order valence-electron chi connectivity index (χ0n) is 12.2. The van der Waals surface area contributed by atoms with Crippen LogP contribution in [0.1, 0.15) is 32.0 Å². The van der Waals surface area contributed by atoms with E-state index in [0.717, 1.165) is 41.7 Å². The van der Waals surface area contributed by atoms with Crippen LogP contribution in [0.25, 0.3) is 0 Å². The number of ether oxygens (including phenoxy) is 1. The number of aromatic nitrogens is 2. The molecule has 5 nitrogen and oxygen atoms in total. The molecule has 110 valence electrons. The Morgan fingerprint density at radius 2 is 2.25 bits per heavy atom. The van der Waals surface area contributed by atoms with Gasteiger partial charge < -0.3 is 10.1 Å². The highest BCUT2D eigenvalue weighted by Crippen LogP contribution is 2.52. The first-order chi connectivity index (χ1) is 9.60. The molecule has 1 heterocycles. The van der Waals surface area contributed by atoms with E-state index in [-0.39, 0.29) is 11.4 Å². The predicted octanol–water partition coefficient (Wildman–Crippen LogP) is 2.52. The molecule has 0 unspecified atom stereocenters. The smallest absolute Gasteiger partial charge is 0.306 e. The molecule has 0 aromatic carbocycles. The summed E-state index contributed by atoms with van der Waals surface area (Å²) in [6.45, 7) is 2.04. The van der Waals surface area contributed by atoms with Gasteiger partial charge in [0.05, 0.1) is 13.5 Å². The normalized spacial score (nSPS) is 15.8. The molecule has 6 heteroatoms. The number of anilines is 1. The Labute approximate surface area is 123 Å². The molecule has 1 aliphatic carbocycles. The van der Waals surface area contributed by atoms with Gasteiger partial charge in [-0.2, -0.15) is 0 Å². The number of methoxy groups -OCH3 is 1. The van der Waals surface area contributed by atoms with Gasteiger partial charge in [0, 0.05) is 25.3 Å². The fourth-order valence-corrected chi connectivity index (χ4v) is 3.20. The zero-order valence-corrected chi connectivity index (χ0v) is 13.0. The van der Waals surface area contributed by atoms with Crippen LogP contribution in [0.2, 0.25) is 0 Å². The molecule has 1 aromatic heterocycles. The second-order valence-electron chi connectivity index (χ2n) is 5.15. The molecular formula is C14H21N3O2S. The molecule has 1 saturated carbocycles. The van der Waals surface area contributed by atoms with Crippen LogP contribution in [0.15, 0.2) is 11.1 Å². The van der Waals surface area contributed by atoms with Crippen LogP contribution < -0.4 is 5.32 Å². The van der Waals surface area contributed by atoms with Gasteiger partial charge in [0.25, 0.3) is 0 Å². The molecule has 0 aliphatic heterocycles. The number of hydrogen-bond donors (Lipinski definition) is 1. The average Bonchev–Trinajstić information content (AvgIpc) is 3.24. The summed E-state index contributed by atoms with van der Waals surface area (Å²) in [5.41, 5.74) is 0.120. The molecule has 0 radical (unpaired) electrons. The van der Waals surface area contributed by atoms with Crippen molar-refractivity contribution in [2.24, 2.45) is 5.41 Å². The van der Waals surface area contributed by atoms with E-state index in [9.17, 15) is 4.79 Å². The first-order valence-corrected chi connectivity index (χ1v) is 7.85. The number of esters is 1. The minimum absolute atomic E-state index is 0.115. The summed E-state index contributed by atoms with van der Waals surface area (Å²) in [6, 6.07) is 1.96. The summed E-state index contributed by atoms with van der Waals surface area (Å²) >= 11 is 1.70. The highest BCUT2D eigenvalue weighted by Gasteiger charge is 2.44. The molecule has 1 N–H and O–H groups in total. The van der Waals surface area contributed by atoms with Gasteiger partial charge in [0.2, 0.25) is 0 Å². The quantitative estimate of drug-likeness (QED) is 0.474. The Bertz CT molecular complexity index is 467. The largest absolute Gasteiger partial charge is 0.469 e. The summed E-state index contributed by atoms with van der Waals surface area (Å²) in [7, 11) is 3.30. The van der Waals surface area contributed by atoms with E-state index in [2.05, 4.69) is 15.3 Å². The monoisotopic (exact) mass is 295 g/mol. The maximum atomic E-state index is 11.4. The lowest BCUT2D eigenvalue weighted by molar-refractivity contribution is -0.141. The van der Waals surface area contributed by atoms with Crippen molar-refractivity contribution in [3.8, 4) is 0 Å². The van der Waals surface area contributed by atoms with Crippen LogP contribution in [-0.4, -0.2) is 35.8 Å². The van der Waals surface area contributed by atoms with Crippen molar-refractivity contribution in [3.05, 3.63) is 11.9 Å². The summed E-state index contributed by atoms with van der Waals surface area (Å²) in [6.07, 6.45) is 3.52. The topological polar surface area (TPSA) is 64.1 Å². The van der Waals surface area contributed by atoms with E-state index in [1.54, 1.807) is 11.8 Å². The number of hydrogen-bond acceptors (Lipinski definition) is 6. The first kappa shape index (κ1) is 15.1. The van der Waals surface area contributed by atoms with Crippen molar-refractivity contribution >= 4 is 23.5 Å². The average molecular weight is 295 g/mol. The Balaban J connectivity index is 1.98. The zero-order chi connectivity index (χ0) is 14.6. The molecule has 2 rings (SSSR count). The Morgan fingerprint density at radius 3 is 2.80 bits per heavy atom. The number of carbonyl (C=O) groups is 1. The highest BCUT2D eigenvalue weighted by atomic mass is 32.2. The molecule has 20 heavy (non-hydrogen) atoms. The van der Waals surface area contributed by atoms with E-state index in [4.69, 9.17) is 4.74 Å². The van der Waals surface area contributed by atoms with E-state index in [0.29, 0.717) is 6.42 Å². The van der Waals surface area contributed by atoms with Crippen molar-refractivity contribution in [1.82, 2.24) is 9.97 Å². The van der Waals surface area contributed by atoms with Crippen molar-refractivity contribution in [2.45, 2.75) is 37.6 Å². The second kappa shape index (κ2) is 6.43. The number of aryl methyl sites for hydroxylation is 1. The van der Waals surface area contributed by atoms with E-state index < -0.39 is 0 Å². The maximum absolute atomic E-state index is 11.4. The Hall–Kier alpha value is -1.30. The SMILES string of the molecule is CCc1nc(NC)cc(SCC2(CC(=O)OC)CC2)n1. The molecule has 0 amide bonds. The molecular weight excluding hydrogens is 274 g/mol. The van der Waals surface area contributed by atoms with Gasteiger partial charge in [0.1, 0.15) is 16.7 Å². The van der Waals surface area contributed by atoms with Crippen LogP contribution in [0.3, 0.4) is 0 Å². The van der Waals surface area contributed by atoms with Crippen LogP contribution >= 0.6 is 11.8 Å². The summed E-state index contributed by atoms with van der Waals surface area (Å²) < 4.78 is 4.77. The van der Waals surface area contributed by atoms with E-state index in [1.807, 2.05) is 20.0 Å². The number of rotatable bonds is 7. The highest BCUT2D eigenvalue weighted by molar-refractivity contribution is 7.99. The lowest BCUT2D eigenvalue weighted by Crippen LogP contribution is -2.13. The molecule has 1 aliphatic rings. The first-order valence-electron chi connectivity index (χ1n) is 6.86. The van der Waals surface area contributed by atoms with Gasteiger partial charge in [-0.25, -0.2) is 9.97 Å². The molecule has 0 atom stereocenters. The van der Waals surface area contributed by atoms with Crippen molar-refractivity contribution < 1.29 is 9.53 Å². The van der Waals surface area contributed by atoms with Gasteiger partial charge in [-0.15, -0.1) is 11.8 Å². The molecule has 0 spiro atoms. The van der Waals surface area contributed by atoms with Gasteiger partial charge in [-0.05, 0) is 18.3 Å². The molecule has 0 saturated heterocycles. The summed E-state index contributed by atoms with van der Waals surface area (Å²) in [5.74, 6) is 2.48. The standard InChI is InChI=1S/C14H21N3O2S/c1-4-10-16-11(15-2)7-12(17-10)20-9-14(5-6-14)8-13(18)19-3/h7H,4-6,8-9H2,1-3H3,(H,15,16,17). The summed E-state index contributed by atoms with van der Waals surface area (Å²) in [5, 5.41) is 4.03. The molecule has 0 bridgehead atoms. The number of thioether (sulfide) groups is 1. The van der Waals surface area contributed by atoms with Crippen molar-refractivity contribution in [2.75, 3.05) is 25.2 Å². The van der Waals surface area contributed by atoms with Gasteiger partial charge in [-0.3, -0.25) is 4.79 Å². The van der Waals surface area contributed by atoms with Crippen LogP contribution in [-0.2, 0) is 16.0 Å². The molecule has 1 fully saturated rings. The number of nitrogens with zero attached hydrogens (tertiary/aromatic N) is 2. The number of nitrogens with one attached hydrogen (secondary N) is 1. The molecule has 1 aromatic rings. The third-order valence-electron chi connectivity index (χ3n) is 3.55. The van der Waals surface area contributed by atoms with Gasteiger partial charge in [-0.1, -0.05) is 6.92 Å². The predicted molar refractivity (Wildman–Crippen MR) is 80.0 cm³/mol. The minimum Gasteiger partial charge on any atom is -0.469 e.